The second kappa shape index (κ2) is 9.07. The molecule has 1 fully saturated rings. The molecule has 1 aliphatic heterocycles. The normalized spacial score (nSPS) is 18.1. The van der Waals surface area contributed by atoms with Crippen LogP contribution in [0.1, 0.15) is 31.7 Å². The van der Waals surface area contributed by atoms with E-state index in [1.54, 1.807) is 12.4 Å². The molecule has 152 valence electrons. The van der Waals surface area contributed by atoms with Crippen LogP contribution in [0.3, 0.4) is 0 Å². The van der Waals surface area contributed by atoms with E-state index in [0.717, 1.165) is 5.56 Å². The predicted molar refractivity (Wildman–Crippen MR) is 110 cm³/mol. The molecule has 0 saturated carbocycles. The van der Waals surface area contributed by atoms with Crippen molar-refractivity contribution in [2.24, 2.45) is 5.92 Å². The lowest BCUT2D eigenvalue weighted by Crippen LogP contribution is -2.44. The summed E-state index contributed by atoms with van der Waals surface area (Å²) in [4.78, 5) is 17.0. The summed E-state index contributed by atoms with van der Waals surface area (Å²) >= 11 is 6.22. The van der Waals surface area contributed by atoms with Crippen LogP contribution >= 0.6 is 11.6 Å². The minimum Gasteiger partial charge on any atom is -0.313 e. The Kier molecular flexibility index (Phi) is 6.74. The quantitative estimate of drug-likeness (QED) is 0.740. The average molecular weight is 425 g/mol. The summed E-state index contributed by atoms with van der Waals surface area (Å²) < 4.78 is 27.9. The molecule has 0 radical (unpaired) electrons. The molecule has 1 aromatic carbocycles. The van der Waals surface area contributed by atoms with Crippen molar-refractivity contribution in [1.82, 2.24) is 13.9 Å². The fourth-order valence-electron chi connectivity index (χ4n) is 3.38. The lowest BCUT2D eigenvalue weighted by Gasteiger charge is -2.31. The molecule has 2 heterocycles. The molecule has 1 aromatic heterocycles. The summed E-state index contributed by atoms with van der Waals surface area (Å²) in [6, 6.07) is 7.51. The lowest BCUT2D eigenvalue weighted by atomic mass is 9.99. The zero-order valence-corrected chi connectivity index (χ0v) is 17.4. The van der Waals surface area contributed by atoms with Crippen molar-refractivity contribution in [3.05, 3.63) is 47.2 Å². The molecule has 1 unspecified atom stereocenters. The SMILES string of the molecule is CCCS(=O)(=O)N1CCCC(C(=O)Nc2nccn2Cc2ccccc2Cl)C1. The number of carbonyl (C=O) groups is 1. The van der Waals surface area contributed by atoms with Gasteiger partial charge in [0.25, 0.3) is 0 Å². The smallest absolute Gasteiger partial charge is 0.231 e. The molecular formula is C19H25ClN4O3S. The van der Waals surface area contributed by atoms with Crippen LogP contribution in [0.4, 0.5) is 5.95 Å². The number of hydrogen-bond acceptors (Lipinski definition) is 4. The van der Waals surface area contributed by atoms with Crippen LogP contribution < -0.4 is 5.32 Å². The van der Waals surface area contributed by atoms with Crippen LogP contribution in [0, 0.1) is 5.92 Å². The minimum absolute atomic E-state index is 0.115. The third kappa shape index (κ3) is 4.92. The van der Waals surface area contributed by atoms with E-state index in [9.17, 15) is 13.2 Å². The summed E-state index contributed by atoms with van der Waals surface area (Å²) in [5.74, 6) is -0.0452. The maximum atomic E-state index is 12.8. The summed E-state index contributed by atoms with van der Waals surface area (Å²) in [5, 5.41) is 3.50. The van der Waals surface area contributed by atoms with Crippen molar-refractivity contribution in [3.63, 3.8) is 0 Å². The number of hydrogen-bond donors (Lipinski definition) is 1. The van der Waals surface area contributed by atoms with Crippen molar-refractivity contribution in [2.75, 3.05) is 24.2 Å². The molecule has 0 bridgehead atoms. The average Bonchev–Trinajstić information content (AvgIpc) is 3.10. The second-order valence-electron chi connectivity index (χ2n) is 6.97. The van der Waals surface area contributed by atoms with E-state index in [-0.39, 0.29) is 24.1 Å². The van der Waals surface area contributed by atoms with Crippen LogP contribution in [0.25, 0.3) is 0 Å². The Bertz CT molecular complexity index is 929. The van der Waals surface area contributed by atoms with Gasteiger partial charge in [-0.15, -0.1) is 0 Å². The van der Waals surface area contributed by atoms with E-state index in [2.05, 4.69) is 10.3 Å². The Balaban J connectivity index is 1.67. The summed E-state index contributed by atoms with van der Waals surface area (Å²) in [5.41, 5.74) is 0.923. The van der Waals surface area contributed by atoms with Gasteiger partial charge in [0.1, 0.15) is 0 Å². The summed E-state index contributed by atoms with van der Waals surface area (Å²) in [7, 11) is -3.30. The molecule has 3 rings (SSSR count). The zero-order valence-electron chi connectivity index (χ0n) is 15.8. The summed E-state index contributed by atoms with van der Waals surface area (Å²) in [6.45, 7) is 3.02. The van der Waals surface area contributed by atoms with Crippen LogP contribution in [-0.4, -0.2) is 47.0 Å². The van der Waals surface area contributed by atoms with Crippen molar-refractivity contribution in [3.8, 4) is 0 Å². The number of nitrogens with one attached hydrogen (secondary N) is 1. The largest absolute Gasteiger partial charge is 0.313 e. The Labute approximate surface area is 170 Å². The summed E-state index contributed by atoms with van der Waals surface area (Å²) in [6.07, 6.45) is 5.29. The number of imidazole rings is 1. The van der Waals surface area contributed by atoms with Crippen molar-refractivity contribution < 1.29 is 13.2 Å². The van der Waals surface area contributed by atoms with E-state index < -0.39 is 10.0 Å². The van der Waals surface area contributed by atoms with Gasteiger partial charge in [-0.05, 0) is 30.9 Å². The van der Waals surface area contributed by atoms with Crippen LogP contribution in [0.5, 0.6) is 0 Å². The Hall–Kier alpha value is -1.90. The number of nitrogens with zero attached hydrogens (tertiary/aromatic N) is 3. The molecule has 0 spiro atoms. The molecule has 28 heavy (non-hydrogen) atoms. The molecule has 1 amide bonds. The van der Waals surface area contributed by atoms with Crippen molar-refractivity contribution in [2.45, 2.75) is 32.7 Å². The molecule has 1 atom stereocenters. The third-order valence-electron chi connectivity index (χ3n) is 4.86. The molecule has 1 saturated heterocycles. The van der Waals surface area contributed by atoms with E-state index >= 15 is 0 Å². The van der Waals surface area contributed by atoms with Gasteiger partial charge in [-0.2, -0.15) is 0 Å². The van der Waals surface area contributed by atoms with Gasteiger partial charge in [-0.3, -0.25) is 10.1 Å². The first kappa shape index (κ1) is 20.8. The maximum Gasteiger partial charge on any atom is 0.231 e. The fraction of sp³-hybridized carbons (Fsp3) is 0.474. The van der Waals surface area contributed by atoms with E-state index in [1.807, 2.05) is 35.8 Å². The fourth-order valence-corrected chi connectivity index (χ4v) is 5.16. The van der Waals surface area contributed by atoms with Gasteiger partial charge in [0.15, 0.2) is 0 Å². The van der Waals surface area contributed by atoms with Crippen LogP contribution in [0.2, 0.25) is 5.02 Å². The van der Waals surface area contributed by atoms with Gasteiger partial charge in [0.05, 0.1) is 18.2 Å². The van der Waals surface area contributed by atoms with Gasteiger partial charge in [0.2, 0.25) is 21.9 Å². The first-order valence-electron chi connectivity index (χ1n) is 9.44. The number of benzene rings is 1. The molecule has 2 aromatic rings. The Morgan fingerprint density at radius 2 is 2.14 bits per heavy atom. The van der Waals surface area contributed by atoms with Gasteiger partial charge >= 0.3 is 0 Å². The van der Waals surface area contributed by atoms with Gasteiger partial charge in [-0.25, -0.2) is 17.7 Å². The highest BCUT2D eigenvalue weighted by Gasteiger charge is 2.32. The monoisotopic (exact) mass is 424 g/mol. The number of aromatic nitrogens is 2. The molecule has 1 aliphatic rings. The molecule has 0 aliphatic carbocycles. The highest BCUT2D eigenvalue weighted by atomic mass is 35.5. The number of anilines is 1. The molecular weight excluding hydrogens is 400 g/mol. The number of rotatable bonds is 7. The third-order valence-corrected chi connectivity index (χ3v) is 7.27. The zero-order chi connectivity index (χ0) is 20.1. The molecule has 1 N–H and O–H groups in total. The predicted octanol–water partition coefficient (Wildman–Crippen LogP) is 2.98. The number of sulfonamides is 1. The van der Waals surface area contributed by atoms with Crippen LogP contribution in [-0.2, 0) is 21.4 Å². The van der Waals surface area contributed by atoms with Gasteiger partial charge < -0.3 is 4.57 Å². The van der Waals surface area contributed by atoms with E-state index in [4.69, 9.17) is 11.6 Å². The van der Waals surface area contributed by atoms with E-state index in [1.165, 1.54) is 4.31 Å². The second-order valence-corrected chi connectivity index (χ2v) is 9.47. The first-order valence-corrected chi connectivity index (χ1v) is 11.4. The topological polar surface area (TPSA) is 84.3 Å². The number of piperidine rings is 1. The Morgan fingerprint density at radius 1 is 1.36 bits per heavy atom. The van der Waals surface area contributed by atoms with Crippen molar-refractivity contribution >= 4 is 33.5 Å². The van der Waals surface area contributed by atoms with Gasteiger partial charge in [-0.1, -0.05) is 36.7 Å². The maximum absolute atomic E-state index is 12.8. The van der Waals surface area contributed by atoms with Crippen LogP contribution in [0.15, 0.2) is 36.7 Å². The number of carbonyl (C=O) groups excluding carboxylic acids is 1. The number of halogens is 1. The number of amides is 1. The molecule has 9 heteroatoms. The van der Waals surface area contributed by atoms with E-state index in [0.29, 0.717) is 43.3 Å². The standard InChI is InChI=1S/C19H25ClN4O3S/c1-2-12-28(26,27)24-10-5-7-16(14-24)18(25)22-19-21-9-11-23(19)13-15-6-3-4-8-17(15)20/h3-4,6,8-9,11,16H,2,5,7,10,12-14H2,1H3,(H,21,22,25). The van der Waals surface area contributed by atoms with Crippen molar-refractivity contribution in [1.29, 1.82) is 0 Å². The Morgan fingerprint density at radius 3 is 2.89 bits per heavy atom. The highest BCUT2D eigenvalue weighted by Crippen LogP contribution is 2.22. The molecule has 7 nitrogen and oxygen atoms in total. The lowest BCUT2D eigenvalue weighted by molar-refractivity contribution is -0.120. The minimum atomic E-state index is -3.30. The highest BCUT2D eigenvalue weighted by molar-refractivity contribution is 7.89. The van der Waals surface area contributed by atoms with Gasteiger partial charge in [0, 0.05) is 30.5 Å². The first-order chi connectivity index (χ1) is 13.4.